The highest BCUT2D eigenvalue weighted by Gasteiger charge is 2.10. The molecule has 2 aromatic rings. The molecule has 4 heteroatoms. The molecule has 2 heterocycles. The number of aryl methyl sites for hydroxylation is 1. The molecule has 0 fully saturated rings. The Kier molecular flexibility index (Phi) is 2.10. The van der Waals surface area contributed by atoms with E-state index in [-0.39, 0.29) is 5.91 Å². The molecule has 2 rings (SSSR count). The largest absolute Gasteiger partial charge is 0.272 e. The summed E-state index contributed by atoms with van der Waals surface area (Å²) >= 11 is 0. The number of pyridine rings is 1. The summed E-state index contributed by atoms with van der Waals surface area (Å²) in [5.41, 5.74) is 1.33. The Hall–Kier alpha value is -1.97. The van der Waals surface area contributed by atoms with Crippen molar-refractivity contribution in [2.24, 2.45) is 0 Å². The molecule has 4 nitrogen and oxygen atoms in total. The van der Waals surface area contributed by atoms with Gasteiger partial charge in [0.2, 0.25) is 0 Å². The number of hydrogen-bond donors (Lipinski definition) is 0. The lowest BCUT2D eigenvalue weighted by Crippen LogP contribution is -2.11. The van der Waals surface area contributed by atoms with Crippen molar-refractivity contribution in [1.29, 1.82) is 0 Å². The van der Waals surface area contributed by atoms with Gasteiger partial charge in [0, 0.05) is 24.3 Å². The normalized spacial score (nSPS) is 10.1. The minimum atomic E-state index is -0.104. The van der Waals surface area contributed by atoms with Crippen LogP contribution in [0.25, 0.3) is 0 Å². The summed E-state index contributed by atoms with van der Waals surface area (Å²) in [7, 11) is 0. The molecule has 0 aliphatic rings. The SMILES string of the molecule is Cc1ncccc1C(=O)n1ccnc1. The van der Waals surface area contributed by atoms with Gasteiger partial charge in [0.15, 0.2) is 0 Å². The standard InChI is InChI=1S/C10H9N3O/c1-8-9(3-2-4-12-8)10(14)13-6-5-11-7-13/h2-7H,1H3. The molecule has 0 aliphatic carbocycles. The fraction of sp³-hybridized carbons (Fsp3) is 0.100. The Bertz CT molecular complexity index is 448. The third-order valence-corrected chi connectivity index (χ3v) is 1.98. The van der Waals surface area contributed by atoms with Gasteiger partial charge in [-0.2, -0.15) is 0 Å². The first-order chi connectivity index (χ1) is 6.79. The first kappa shape index (κ1) is 8.62. The smallest absolute Gasteiger partial charge is 0.264 e. The van der Waals surface area contributed by atoms with Crippen molar-refractivity contribution >= 4 is 5.91 Å². The van der Waals surface area contributed by atoms with Crippen molar-refractivity contribution in [2.75, 3.05) is 0 Å². The predicted octanol–water partition coefficient (Wildman–Crippen LogP) is 1.28. The molecule has 0 radical (unpaired) electrons. The summed E-state index contributed by atoms with van der Waals surface area (Å²) in [6, 6.07) is 3.50. The van der Waals surface area contributed by atoms with Crippen LogP contribution in [0.2, 0.25) is 0 Å². The Morgan fingerprint density at radius 2 is 2.29 bits per heavy atom. The lowest BCUT2D eigenvalue weighted by molar-refractivity contribution is 0.0959. The van der Waals surface area contributed by atoms with Gasteiger partial charge in [0.05, 0.1) is 5.56 Å². The quantitative estimate of drug-likeness (QED) is 0.675. The molecule has 0 amide bonds. The Balaban J connectivity index is 2.42. The molecule has 70 valence electrons. The van der Waals surface area contributed by atoms with E-state index >= 15 is 0 Å². The van der Waals surface area contributed by atoms with Gasteiger partial charge in [-0.15, -0.1) is 0 Å². The van der Waals surface area contributed by atoms with Crippen LogP contribution in [0.5, 0.6) is 0 Å². The summed E-state index contributed by atoms with van der Waals surface area (Å²) in [6.45, 7) is 1.81. The van der Waals surface area contributed by atoms with Crippen LogP contribution in [-0.4, -0.2) is 20.4 Å². The number of aromatic nitrogens is 3. The number of nitrogens with zero attached hydrogens (tertiary/aromatic N) is 3. The number of carbonyl (C=O) groups is 1. The average molecular weight is 187 g/mol. The predicted molar refractivity (Wildman–Crippen MR) is 50.9 cm³/mol. The lowest BCUT2D eigenvalue weighted by Gasteiger charge is -2.02. The van der Waals surface area contributed by atoms with E-state index in [1.807, 2.05) is 6.92 Å². The number of imidazole rings is 1. The number of carbonyl (C=O) groups excluding carboxylic acids is 1. The van der Waals surface area contributed by atoms with Gasteiger partial charge < -0.3 is 0 Å². The van der Waals surface area contributed by atoms with Crippen molar-refractivity contribution in [3.8, 4) is 0 Å². The molecule has 0 saturated carbocycles. The molecular formula is C10H9N3O. The van der Waals surface area contributed by atoms with E-state index in [4.69, 9.17) is 0 Å². The monoisotopic (exact) mass is 187 g/mol. The van der Waals surface area contributed by atoms with Crippen molar-refractivity contribution in [1.82, 2.24) is 14.5 Å². The van der Waals surface area contributed by atoms with Crippen molar-refractivity contribution in [2.45, 2.75) is 6.92 Å². The summed E-state index contributed by atoms with van der Waals surface area (Å²) in [5, 5.41) is 0. The third-order valence-electron chi connectivity index (χ3n) is 1.98. The van der Waals surface area contributed by atoms with Gasteiger partial charge in [0.25, 0.3) is 5.91 Å². The van der Waals surface area contributed by atoms with E-state index in [9.17, 15) is 4.79 Å². The maximum Gasteiger partial charge on any atom is 0.264 e. The van der Waals surface area contributed by atoms with Gasteiger partial charge in [-0.05, 0) is 19.1 Å². The van der Waals surface area contributed by atoms with Crippen LogP contribution in [0.15, 0.2) is 37.1 Å². The molecular weight excluding hydrogens is 178 g/mol. The summed E-state index contributed by atoms with van der Waals surface area (Å²) in [4.78, 5) is 19.7. The molecule has 0 saturated heterocycles. The third kappa shape index (κ3) is 1.42. The van der Waals surface area contributed by atoms with Gasteiger partial charge in [0.1, 0.15) is 6.33 Å². The van der Waals surface area contributed by atoms with Crippen LogP contribution in [0.3, 0.4) is 0 Å². The van der Waals surface area contributed by atoms with E-state index in [0.29, 0.717) is 5.56 Å². The second-order valence-electron chi connectivity index (χ2n) is 2.91. The summed E-state index contributed by atoms with van der Waals surface area (Å²) in [5.74, 6) is -0.104. The van der Waals surface area contributed by atoms with Crippen LogP contribution < -0.4 is 0 Å². The average Bonchev–Trinajstić information content (AvgIpc) is 2.70. The Labute approximate surface area is 81.2 Å². The molecule has 14 heavy (non-hydrogen) atoms. The fourth-order valence-electron chi connectivity index (χ4n) is 1.23. The Morgan fingerprint density at radius 1 is 1.43 bits per heavy atom. The molecule has 0 aliphatic heterocycles. The molecule has 2 aromatic heterocycles. The summed E-state index contributed by atoms with van der Waals surface area (Å²) < 4.78 is 1.43. The summed E-state index contributed by atoms with van der Waals surface area (Å²) in [6.07, 6.45) is 6.34. The molecule has 0 bridgehead atoms. The molecule has 0 unspecified atom stereocenters. The highest BCUT2D eigenvalue weighted by atomic mass is 16.2. The van der Waals surface area contributed by atoms with E-state index in [2.05, 4.69) is 9.97 Å². The number of hydrogen-bond acceptors (Lipinski definition) is 3. The van der Waals surface area contributed by atoms with Gasteiger partial charge in [-0.1, -0.05) is 0 Å². The van der Waals surface area contributed by atoms with Crippen molar-refractivity contribution in [3.05, 3.63) is 48.3 Å². The molecule has 0 spiro atoms. The van der Waals surface area contributed by atoms with Crippen molar-refractivity contribution < 1.29 is 4.79 Å². The van der Waals surface area contributed by atoms with Crippen LogP contribution in [0, 0.1) is 6.92 Å². The minimum Gasteiger partial charge on any atom is -0.272 e. The molecule has 0 aromatic carbocycles. The topological polar surface area (TPSA) is 47.8 Å². The fourth-order valence-corrected chi connectivity index (χ4v) is 1.23. The van der Waals surface area contributed by atoms with Crippen LogP contribution in [-0.2, 0) is 0 Å². The van der Waals surface area contributed by atoms with E-state index in [1.165, 1.54) is 10.9 Å². The lowest BCUT2D eigenvalue weighted by atomic mass is 10.2. The van der Waals surface area contributed by atoms with Crippen molar-refractivity contribution in [3.63, 3.8) is 0 Å². The zero-order chi connectivity index (χ0) is 9.97. The van der Waals surface area contributed by atoms with E-state index in [1.54, 1.807) is 30.7 Å². The first-order valence-electron chi connectivity index (χ1n) is 4.23. The first-order valence-corrected chi connectivity index (χ1v) is 4.23. The van der Waals surface area contributed by atoms with Gasteiger partial charge in [-0.25, -0.2) is 4.98 Å². The highest BCUT2D eigenvalue weighted by molar-refractivity contribution is 5.96. The Morgan fingerprint density at radius 3 is 2.93 bits per heavy atom. The number of rotatable bonds is 1. The van der Waals surface area contributed by atoms with Gasteiger partial charge in [-0.3, -0.25) is 14.3 Å². The second kappa shape index (κ2) is 3.41. The molecule has 0 N–H and O–H groups in total. The van der Waals surface area contributed by atoms with Gasteiger partial charge >= 0.3 is 0 Å². The van der Waals surface area contributed by atoms with Crippen LogP contribution in [0.1, 0.15) is 16.1 Å². The maximum atomic E-state index is 11.8. The maximum absolute atomic E-state index is 11.8. The van der Waals surface area contributed by atoms with Crippen LogP contribution >= 0.6 is 0 Å². The second-order valence-corrected chi connectivity index (χ2v) is 2.91. The van der Waals surface area contributed by atoms with E-state index in [0.717, 1.165) is 5.69 Å². The molecule has 0 atom stereocenters. The van der Waals surface area contributed by atoms with E-state index < -0.39 is 0 Å². The van der Waals surface area contributed by atoms with Crippen LogP contribution in [0.4, 0.5) is 0 Å². The highest BCUT2D eigenvalue weighted by Crippen LogP contribution is 2.05. The minimum absolute atomic E-state index is 0.104. The zero-order valence-electron chi connectivity index (χ0n) is 7.71. The zero-order valence-corrected chi connectivity index (χ0v) is 7.71.